The second kappa shape index (κ2) is 6.68. The summed E-state index contributed by atoms with van der Waals surface area (Å²) in [6, 6.07) is 16.6. The molecule has 1 amide bonds. The van der Waals surface area contributed by atoms with Crippen molar-refractivity contribution in [3.05, 3.63) is 72.6 Å². The smallest absolute Gasteiger partial charge is 0.251 e. The van der Waals surface area contributed by atoms with Crippen molar-refractivity contribution in [3.63, 3.8) is 0 Å². The highest BCUT2D eigenvalue weighted by molar-refractivity contribution is 5.94. The zero-order valence-electron chi connectivity index (χ0n) is 13.5. The first kappa shape index (κ1) is 15.3. The molecule has 126 valence electrons. The third-order valence-electron chi connectivity index (χ3n) is 3.96. The van der Waals surface area contributed by atoms with E-state index in [1.807, 2.05) is 48.7 Å². The van der Waals surface area contributed by atoms with E-state index in [9.17, 15) is 4.79 Å². The van der Waals surface area contributed by atoms with E-state index in [1.54, 1.807) is 23.0 Å². The van der Waals surface area contributed by atoms with Crippen LogP contribution in [0.25, 0.3) is 5.69 Å². The van der Waals surface area contributed by atoms with Crippen LogP contribution in [0, 0.1) is 0 Å². The molecule has 0 bridgehead atoms. The lowest BCUT2D eigenvalue weighted by molar-refractivity contribution is 0.0789. The summed E-state index contributed by atoms with van der Waals surface area (Å²) in [6.07, 6.45) is 3.36. The maximum absolute atomic E-state index is 12.3. The van der Waals surface area contributed by atoms with Gasteiger partial charge in [0.15, 0.2) is 11.5 Å². The summed E-state index contributed by atoms with van der Waals surface area (Å²) in [4.78, 5) is 12.3. The Morgan fingerprint density at radius 3 is 2.68 bits per heavy atom. The van der Waals surface area contributed by atoms with Crippen molar-refractivity contribution in [1.82, 2.24) is 15.1 Å². The number of hydrogen-bond acceptors (Lipinski definition) is 4. The number of benzene rings is 2. The number of nitrogens with zero attached hydrogens (tertiary/aromatic N) is 2. The number of ether oxygens (including phenoxy) is 2. The minimum absolute atomic E-state index is 0.144. The van der Waals surface area contributed by atoms with Crippen molar-refractivity contribution in [2.75, 3.05) is 13.2 Å². The van der Waals surface area contributed by atoms with Crippen molar-refractivity contribution in [3.8, 4) is 17.2 Å². The van der Waals surface area contributed by atoms with Crippen molar-refractivity contribution in [1.29, 1.82) is 0 Å². The SMILES string of the molecule is O=C(NC[C@H]1COc2ccccc2O1)c1ccc(-n2cccn2)cc1. The Labute approximate surface area is 145 Å². The number of carbonyl (C=O) groups is 1. The monoisotopic (exact) mass is 335 g/mol. The van der Waals surface area contributed by atoms with Gasteiger partial charge in [-0.3, -0.25) is 4.79 Å². The number of nitrogens with one attached hydrogen (secondary N) is 1. The van der Waals surface area contributed by atoms with Gasteiger partial charge in [0.25, 0.3) is 5.91 Å². The average molecular weight is 335 g/mol. The zero-order chi connectivity index (χ0) is 17.1. The summed E-state index contributed by atoms with van der Waals surface area (Å²) in [5.74, 6) is 1.30. The Morgan fingerprint density at radius 1 is 1.12 bits per heavy atom. The lowest BCUT2D eigenvalue weighted by Crippen LogP contribution is -2.40. The van der Waals surface area contributed by atoms with Gasteiger partial charge in [-0.25, -0.2) is 4.68 Å². The summed E-state index contributed by atoms with van der Waals surface area (Å²) in [5, 5.41) is 7.05. The molecule has 0 radical (unpaired) electrons. The molecule has 1 aliphatic rings. The molecular formula is C19H17N3O3. The van der Waals surface area contributed by atoms with E-state index in [1.165, 1.54) is 0 Å². The third kappa shape index (κ3) is 3.33. The van der Waals surface area contributed by atoms with Crippen LogP contribution in [0.4, 0.5) is 0 Å². The highest BCUT2D eigenvalue weighted by atomic mass is 16.6. The fraction of sp³-hybridized carbons (Fsp3) is 0.158. The maximum atomic E-state index is 12.3. The summed E-state index contributed by atoms with van der Waals surface area (Å²) in [5.41, 5.74) is 1.50. The Morgan fingerprint density at radius 2 is 1.92 bits per heavy atom. The molecule has 0 unspecified atom stereocenters. The van der Waals surface area contributed by atoms with E-state index in [4.69, 9.17) is 9.47 Å². The molecule has 1 aromatic heterocycles. The molecule has 3 aromatic rings. The van der Waals surface area contributed by atoms with Crippen molar-refractivity contribution in [2.45, 2.75) is 6.10 Å². The number of hydrogen-bond donors (Lipinski definition) is 1. The van der Waals surface area contributed by atoms with E-state index in [0.29, 0.717) is 24.5 Å². The van der Waals surface area contributed by atoms with Gasteiger partial charge in [-0.2, -0.15) is 5.10 Å². The Balaban J connectivity index is 1.35. The summed E-state index contributed by atoms with van der Waals surface area (Å²) in [7, 11) is 0. The van der Waals surface area contributed by atoms with Gasteiger partial charge in [0.2, 0.25) is 0 Å². The van der Waals surface area contributed by atoms with Crippen LogP contribution in [0.15, 0.2) is 67.0 Å². The van der Waals surface area contributed by atoms with Crippen LogP contribution in [0.1, 0.15) is 10.4 Å². The molecule has 1 N–H and O–H groups in total. The predicted octanol–water partition coefficient (Wildman–Crippen LogP) is 2.44. The van der Waals surface area contributed by atoms with Gasteiger partial charge in [0.1, 0.15) is 12.7 Å². The van der Waals surface area contributed by atoms with Crippen LogP contribution in [0.3, 0.4) is 0 Å². The van der Waals surface area contributed by atoms with Crippen LogP contribution in [-0.4, -0.2) is 34.9 Å². The van der Waals surface area contributed by atoms with Gasteiger partial charge >= 0.3 is 0 Å². The average Bonchev–Trinajstić information content (AvgIpc) is 3.21. The first-order valence-corrected chi connectivity index (χ1v) is 8.06. The minimum atomic E-state index is -0.206. The fourth-order valence-electron chi connectivity index (χ4n) is 2.66. The second-order valence-electron chi connectivity index (χ2n) is 5.71. The lowest BCUT2D eigenvalue weighted by atomic mass is 10.2. The minimum Gasteiger partial charge on any atom is -0.486 e. The fourth-order valence-corrected chi connectivity index (χ4v) is 2.66. The summed E-state index contributed by atoms with van der Waals surface area (Å²) >= 11 is 0. The van der Waals surface area contributed by atoms with Gasteiger partial charge in [0, 0.05) is 18.0 Å². The molecule has 6 nitrogen and oxygen atoms in total. The highest BCUT2D eigenvalue weighted by Gasteiger charge is 2.21. The number of amides is 1. The van der Waals surface area contributed by atoms with Crippen molar-refractivity contribution in [2.24, 2.45) is 0 Å². The third-order valence-corrected chi connectivity index (χ3v) is 3.96. The predicted molar refractivity (Wildman–Crippen MR) is 92.3 cm³/mol. The topological polar surface area (TPSA) is 65.4 Å². The molecule has 6 heteroatoms. The molecule has 25 heavy (non-hydrogen) atoms. The molecule has 0 spiro atoms. The van der Waals surface area contributed by atoms with Crippen molar-refractivity contribution >= 4 is 5.91 Å². The van der Waals surface area contributed by atoms with E-state index in [2.05, 4.69) is 10.4 Å². The van der Waals surface area contributed by atoms with E-state index in [-0.39, 0.29) is 12.0 Å². The Kier molecular flexibility index (Phi) is 4.08. The molecule has 0 aliphatic carbocycles. The largest absolute Gasteiger partial charge is 0.486 e. The molecular weight excluding hydrogens is 318 g/mol. The Bertz CT molecular complexity index is 860. The van der Waals surface area contributed by atoms with Gasteiger partial charge in [-0.15, -0.1) is 0 Å². The summed E-state index contributed by atoms with van der Waals surface area (Å²) < 4.78 is 13.2. The quantitative estimate of drug-likeness (QED) is 0.795. The summed E-state index contributed by atoms with van der Waals surface area (Å²) in [6.45, 7) is 0.795. The first-order valence-electron chi connectivity index (χ1n) is 8.06. The van der Waals surface area contributed by atoms with Gasteiger partial charge in [-0.1, -0.05) is 12.1 Å². The standard InChI is InChI=1S/C19H17N3O3/c23-19(14-6-8-15(9-7-14)22-11-3-10-21-22)20-12-16-13-24-17-4-1-2-5-18(17)25-16/h1-11,16H,12-13H2,(H,20,23)/t16-/m0/s1. The highest BCUT2D eigenvalue weighted by Crippen LogP contribution is 2.30. The molecule has 0 saturated carbocycles. The number of rotatable bonds is 4. The van der Waals surface area contributed by atoms with E-state index < -0.39 is 0 Å². The number of aromatic nitrogens is 2. The van der Waals surface area contributed by atoms with Gasteiger partial charge < -0.3 is 14.8 Å². The molecule has 0 saturated heterocycles. The van der Waals surface area contributed by atoms with Crippen LogP contribution in [0.5, 0.6) is 11.5 Å². The van der Waals surface area contributed by atoms with E-state index in [0.717, 1.165) is 11.4 Å². The lowest BCUT2D eigenvalue weighted by Gasteiger charge is -2.26. The molecule has 2 heterocycles. The zero-order valence-corrected chi connectivity index (χ0v) is 13.5. The van der Waals surface area contributed by atoms with Crippen LogP contribution in [-0.2, 0) is 0 Å². The van der Waals surface area contributed by atoms with Crippen LogP contribution >= 0.6 is 0 Å². The Hall–Kier alpha value is -3.28. The first-order chi connectivity index (χ1) is 12.3. The second-order valence-corrected chi connectivity index (χ2v) is 5.71. The number of carbonyl (C=O) groups excluding carboxylic acids is 1. The molecule has 0 fully saturated rings. The van der Waals surface area contributed by atoms with Crippen molar-refractivity contribution < 1.29 is 14.3 Å². The van der Waals surface area contributed by atoms with Gasteiger partial charge in [0.05, 0.1) is 12.2 Å². The van der Waals surface area contributed by atoms with E-state index >= 15 is 0 Å². The van der Waals surface area contributed by atoms with Gasteiger partial charge in [-0.05, 0) is 42.5 Å². The molecule has 1 aliphatic heterocycles. The number of para-hydroxylation sites is 2. The maximum Gasteiger partial charge on any atom is 0.251 e. The number of fused-ring (bicyclic) bond motifs is 1. The molecule has 4 rings (SSSR count). The molecule has 1 atom stereocenters. The van der Waals surface area contributed by atoms with Crippen LogP contribution < -0.4 is 14.8 Å². The molecule has 2 aromatic carbocycles. The van der Waals surface area contributed by atoms with Crippen LogP contribution in [0.2, 0.25) is 0 Å². The normalized spacial score (nSPS) is 15.6.